The fourth-order valence-corrected chi connectivity index (χ4v) is 3.11. The van der Waals surface area contributed by atoms with E-state index in [1.54, 1.807) is 0 Å². The summed E-state index contributed by atoms with van der Waals surface area (Å²) in [6.07, 6.45) is 6.89. The first kappa shape index (κ1) is 14.3. The highest BCUT2D eigenvalue weighted by Gasteiger charge is 2.32. The van der Waals surface area contributed by atoms with Gasteiger partial charge in [-0.2, -0.15) is 0 Å². The van der Waals surface area contributed by atoms with E-state index in [-0.39, 0.29) is 0 Å². The Morgan fingerprint density at radius 2 is 1.94 bits per heavy atom. The Morgan fingerprint density at radius 3 is 2.56 bits per heavy atom. The summed E-state index contributed by atoms with van der Waals surface area (Å²) in [5, 5.41) is 3.74. The molecule has 0 amide bonds. The number of likely N-dealkylation sites (tertiary alicyclic amines) is 1. The van der Waals surface area contributed by atoms with E-state index < -0.39 is 0 Å². The van der Waals surface area contributed by atoms with Crippen molar-refractivity contribution in [2.45, 2.75) is 71.9 Å². The summed E-state index contributed by atoms with van der Waals surface area (Å²) >= 11 is 0. The van der Waals surface area contributed by atoms with Gasteiger partial charge in [-0.1, -0.05) is 20.8 Å². The lowest BCUT2D eigenvalue weighted by atomic mass is 9.83. The zero-order valence-electron chi connectivity index (χ0n) is 12.8. The maximum Gasteiger partial charge on any atom is 0.00928 e. The van der Waals surface area contributed by atoms with Crippen LogP contribution in [0.5, 0.6) is 0 Å². The number of piperidine rings is 1. The molecule has 1 saturated carbocycles. The minimum Gasteiger partial charge on any atom is -0.313 e. The SMILES string of the molecule is CCC(C)(CNC1CC1)CN1CCCC(C)C1C. The van der Waals surface area contributed by atoms with Gasteiger partial charge in [-0.05, 0) is 56.9 Å². The largest absolute Gasteiger partial charge is 0.313 e. The van der Waals surface area contributed by atoms with Crippen molar-refractivity contribution in [3.8, 4) is 0 Å². The van der Waals surface area contributed by atoms with Crippen LogP contribution in [0.2, 0.25) is 0 Å². The Morgan fingerprint density at radius 1 is 1.22 bits per heavy atom. The fraction of sp³-hybridized carbons (Fsp3) is 1.00. The molecule has 0 aromatic rings. The van der Waals surface area contributed by atoms with Crippen molar-refractivity contribution < 1.29 is 0 Å². The van der Waals surface area contributed by atoms with Crippen molar-refractivity contribution in [3.05, 3.63) is 0 Å². The van der Waals surface area contributed by atoms with E-state index in [9.17, 15) is 0 Å². The molecule has 1 heterocycles. The number of hydrogen-bond acceptors (Lipinski definition) is 2. The molecular formula is C16H32N2. The molecule has 0 radical (unpaired) electrons. The molecule has 3 atom stereocenters. The monoisotopic (exact) mass is 252 g/mol. The normalized spacial score (nSPS) is 33.3. The van der Waals surface area contributed by atoms with E-state index >= 15 is 0 Å². The lowest BCUT2D eigenvalue weighted by Crippen LogP contribution is -2.49. The average Bonchev–Trinajstić information content (AvgIpc) is 3.17. The van der Waals surface area contributed by atoms with Crippen LogP contribution in [0.25, 0.3) is 0 Å². The van der Waals surface area contributed by atoms with Crippen LogP contribution in [0.1, 0.15) is 59.8 Å². The van der Waals surface area contributed by atoms with Gasteiger partial charge >= 0.3 is 0 Å². The first-order valence-corrected chi connectivity index (χ1v) is 8.01. The molecule has 1 aliphatic heterocycles. The second-order valence-corrected chi connectivity index (χ2v) is 7.15. The predicted octanol–water partition coefficient (Wildman–Crippen LogP) is 3.28. The zero-order chi connectivity index (χ0) is 13.2. The molecule has 2 fully saturated rings. The van der Waals surface area contributed by atoms with Crippen molar-refractivity contribution >= 4 is 0 Å². The molecular weight excluding hydrogens is 220 g/mol. The van der Waals surface area contributed by atoms with Crippen molar-refractivity contribution in [3.63, 3.8) is 0 Å². The van der Waals surface area contributed by atoms with E-state index in [2.05, 4.69) is 37.9 Å². The van der Waals surface area contributed by atoms with Crippen LogP contribution in [0.4, 0.5) is 0 Å². The van der Waals surface area contributed by atoms with E-state index in [1.165, 1.54) is 51.7 Å². The highest BCUT2D eigenvalue weighted by Crippen LogP contribution is 2.30. The maximum absolute atomic E-state index is 3.74. The van der Waals surface area contributed by atoms with Crippen LogP contribution in [-0.2, 0) is 0 Å². The van der Waals surface area contributed by atoms with E-state index in [1.807, 2.05) is 0 Å². The molecule has 106 valence electrons. The van der Waals surface area contributed by atoms with Gasteiger partial charge in [0.1, 0.15) is 0 Å². The zero-order valence-corrected chi connectivity index (χ0v) is 12.8. The third kappa shape index (κ3) is 3.71. The summed E-state index contributed by atoms with van der Waals surface area (Å²) in [6, 6.07) is 1.61. The summed E-state index contributed by atoms with van der Waals surface area (Å²) in [4.78, 5) is 2.74. The number of rotatable bonds is 6. The first-order chi connectivity index (χ1) is 8.54. The fourth-order valence-electron chi connectivity index (χ4n) is 3.11. The Labute approximate surface area is 114 Å². The Bertz CT molecular complexity index is 262. The number of nitrogens with one attached hydrogen (secondary N) is 1. The molecule has 2 heteroatoms. The molecule has 0 bridgehead atoms. The van der Waals surface area contributed by atoms with Crippen LogP contribution in [0.15, 0.2) is 0 Å². The van der Waals surface area contributed by atoms with Gasteiger partial charge in [0.25, 0.3) is 0 Å². The molecule has 0 aromatic heterocycles. The quantitative estimate of drug-likeness (QED) is 0.780. The van der Waals surface area contributed by atoms with Crippen molar-refractivity contribution in [1.29, 1.82) is 0 Å². The molecule has 1 N–H and O–H groups in total. The van der Waals surface area contributed by atoms with Gasteiger partial charge in [-0.3, -0.25) is 4.90 Å². The lowest BCUT2D eigenvalue weighted by Gasteiger charge is -2.43. The predicted molar refractivity (Wildman–Crippen MR) is 78.9 cm³/mol. The van der Waals surface area contributed by atoms with E-state index in [0.717, 1.165) is 18.0 Å². The standard InChI is InChI=1S/C16H32N2/c1-5-16(4,11-17-15-8-9-15)12-18-10-6-7-13(2)14(18)3/h13-15,17H,5-12H2,1-4H3. The highest BCUT2D eigenvalue weighted by molar-refractivity contribution is 4.89. The summed E-state index contributed by atoms with van der Waals surface area (Å²) in [5.74, 6) is 0.872. The topological polar surface area (TPSA) is 15.3 Å². The summed E-state index contributed by atoms with van der Waals surface area (Å²) in [7, 11) is 0. The van der Waals surface area contributed by atoms with Gasteiger partial charge in [0.15, 0.2) is 0 Å². The van der Waals surface area contributed by atoms with Crippen LogP contribution in [0, 0.1) is 11.3 Å². The molecule has 1 aliphatic carbocycles. The smallest absolute Gasteiger partial charge is 0.00928 e. The molecule has 2 nitrogen and oxygen atoms in total. The molecule has 2 rings (SSSR count). The average molecular weight is 252 g/mol. The Hall–Kier alpha value is -0.0800. The molecule has 1 saturated heterocycles. The van der Waals surface area contributed by atoms with Crippen molar-refractivity contribution in [2.75, 3.05) is 19.6 Å². The molecule has 0 spiro atoms. The van der Waals surface area contributed by atoms with Crippen LogP contribution in [-0.4, -0.2) is 36.6 Å². The lowest BCUT2D eigenvalue weighted by molar-refractivity contribution is 0.0635. The number of hydrogen-bond donors (Lipinski definition) is 1. The molecule has 18 heavy (non-hydrogen) atoms. The van der Waals surface area contributed by atoms with Crippen LogP contribution < -0.4 is 5.32 Å². The van der Waals surface area contributed by atoms with E-state index in [4.69, 9.17) is 0 Å². The number of nitrogens with zero attached hydrogens (tertiary/aromatic N) is 1. The van der Waals surface area contributed by atoms with Crippen molar-refractivity contribution in [2.24, 2.45) is 11.3 Å². The Balaban J connectivity index is 1.86. The summed E-state index contributed by atoms with van der Waals surface area (Å²) in [5.41, 5.74) is 0.452. The Kier molecular flexibility index (Phi) is 4.71. The second-order valence-electron chi connectivity index (χ2n) is 7.15. The minimum absolute atomic E-state index is 0.452. The maximum atomic E-state index is 3.74. The minimum atomic E-state index is 0.452. The second kappa shape index (κ2) is 5.92. The molecule has 3 unspecified atom stereocenters. The van der Waals surface area contributed by atoms with Crippen LogP contribution in [0.3, 0.4) is 0 Å². The summed E-state index contributed by atoms with van der Waals surface area (Å²) in [6.45, 7) is 13.4. The third-order valence-corrected chi connectivity index (χ3v) is 5.34. The van der Waals surface area contributed by atoms with Crippen molar-refractivity contribution in [1.82, 2.24) is 10.2 Å². The van der Waals surface area contributed by atoms with Gasteiger partial charge in [0.2, 0.25) is 0 Å². The summed E-state index contributed by atoms with van der Waals surface area (Å²) < 4.78 is 0. The van der Waals surface area contributed by atoms with Crippen LogP contribution >= 0.6 is 0 Å². The first-order valence-electron chi connectivity index (χ1n) is 8.01. The molecule has 0 aromatic carbocycles. The van der Waals surface area contributed by atoms with Gasteiger partial charge < -0.3 is 5.32 Å². The molecule has 2 aliphatic rings. The third-order valence-electron chi connectivity index (χ3n) is 5.34. The van der Waals surface area contributed by atoms with Gasteiger partial charge in [0, 0.05) is 25.2 Å². The highest BCUT2D eigenvalue weighted by atomic mass is 15.2. The van der Waals surface area contributed by atoms with Gasteiger partial charge in [-0.15, -0.1) is 0 Å². The van der Waals surface area contributed by atoms with Gasteiger partial charge in [0.05, 0.1) is 0 Å². The van der Waals surface area contributed by atoms with Gasteiger partial charge in [-0.25, -0.2) is 0 Å². The van der Waals surface area contributed by atoms with E-state index in [0.29, 0.717) is 5.41 Å².